The van der Waals surface area contributed by atoms with Crippen molar-refractivity contribution in [1.82, 2.24) is 10.5 Å². The molecule has 0 spiro atoms. The molecule has 0 fully saturated rings. The minimum absolute atomic E-state index is 0.0142. The number of carbonyl (C=O) groups is 2. The van der Waals surface area contributed by atoms with Gasteiger partial charge in [0.2, 0.25) is 0 Å². The number of rotatable bonds is 6. The number of amides is 1. The van der Waals surface area contributed by atoms with Gasteiger partial charge < -0.3 is 14.6 Å². The Labute approximate surface area is 169 Å². The van der Waals surface area contributed by atoms with Crippen molar-refractivity contribution in [2.75, 3.05) is 6.54 Å². The van der Waals surface area contributed by atoms with Crippen molar-refractivity contribution in [3.63, 3.8) is 0 Å². The maximum absolute atomic E-state index is 12.2. The molecule has 1 amide bonds. The summed E-state index contributed by atoms with van der Waals surface area (Å²) in [4.78, 5) is 24.1. The molecule has 3 rings (SSSR count). The minimum atomic E-state index is -0.547. The number of carbonyl (C=O) groups excluding carboxylic acids is 2. The van der Waals surface area contributed by atoms with E-state index in [9.17, 15) is 9.59 Å². The molecule has 1 N–H and O–H groups in total. The van der Waals surface area contributed by atoms with Gasteiger partial charge in [0.15, 0.2) is 5.76 Å². The first-order valence-electron chi connectivity index (χ1n) is 9.38. The summed E-state index contributed by atoms with van der Waals surface area (Å²) in [7, 11) is 0. The van der Waals surface area contributed by atoms with Crippen LogP contribution in [0.4, 0.5) is 0 Å². The van der Waals surface area contributed by atoms with Crippen molar-refractivity contribution in [2.24, 2.45) is 0 Å². The van der Waals surface area contributed by atoms with Crippen LogP contribution >= 0.6 is 0 Å². The van der Waals surface area contributed by atoms with Gasteiger partial charge in [-0.05, 0) is 23.1 Å². The van der Waals surface area contributed by atoms with E-state index in [1.54, 1.807) is 18.2 Å². The van der Waals surface area contributed by atoms with Gasteiger partial charge in [0.1, 0.15) is 18.8 Å². The van der Waals surface area contributed by atoms with Gasteiger partial charge in [-0.15, -0.1) is 0 Å². The van der Waals surface area contributed by atoms with Crippen LogP contribution in [0.3, 0.4) is 0 Å². The molecular weight excluding hydrogens is 368 g/mol. The zero-order valence-electron chi connectivity index (χ0n) is 16.8. The zero-order chi connectivity index (χ0) is 20.9. The summed E-state index contributed by atoms with van der Waals surface area (Å²) in [5.41, 5.74) is 3.04. The highest BCUT2D eigenvalue weighted by atomic mass is 16.5. The summed E-state index contributed by atoms with van der Waals surface area (Å²) in [5, 5.41) is 6.46. The molecule has 0 bridgehead atoms. The molecule has 0 saturated carbocycles. The summed E-state index contributed by atoms with van der Waals surface area (Å²) < 4.78 is 10.4. The molecule has 0 saturated heterocycles. The van der Waals surface area contributed by atoms with Gasteiger partial charge in [-0.2, -0.15) is 0 Å². The molecule has 0 aliphatic carbocycles. The van der Waals surface area contributed by atoms with Crippen molar-refractivity contribution >= 4 is 11.9 Å². The molecule has 0 aliphatic rings. The Bertz CT molecular complexity index is 970. The topological polar surface area (TPSA) is 81.4 Å². The predicted octanol–water partition coefficient (Wildman–Crippen LogP) is 4.11. The summed E-state index contributed by atoms with van der Waals surface area (Å²) in [6.45, 7) is 6.08. The summed E-state index contributed by atoms with van der Waals surface area (Å²) in [6, 6.07) is 18.6. The smallest absolute Gasteiger partial charge is 0.325 e. The molecule has 6 nitrogen and oxygen atoms in total. The maximum atomic E-state index is 12.2. The highest BCUT2D eigenvalue weighted by Crippen LogP contribution is 2.22. The van der Waals surface area contributed by atoms with Crippen LogP contribution in [0.5, 0.6) is 0 Å². The molecule has 3 aromatic rings. The van der Waals surface area contributed by atoms with E-state index in [-0.39, 0.29) is 24.5 Å². The molecule has 0 atom stereocenters. The number of nitrogens with one attached hydrogen (secondary N) is 1. The Morgan fingerprint density at radius 2 is 1.72 bits per heavy atom. The van der Waals surface area contributed by atoms with Crippen molar-refractivity contribution < 1.29 is 18.8 Å². The number of hydrogen-bond donors (Lipinski definition) is 1. The second kappa shape index (κ2) is 8.73. The molecule has 6 heteroatoms. The zero-order valence-corrected chi connectivity index (χ0v) is 16.8. The van der Waals surface area contributed by atoms with Crippen LogP contribution in [0.1, 0.15) is 42.4 Å². The Morgan fingerprint density at radius 3 is 2.38 bits per heavy atom. The van der Waals surface area contributed by atoms with Gasteiger partial charge in [-0.3, -0.25) is 9.59 Å². The lowest BCUT2D eigenvalue weighted by molar-refractivity contribution is -0.143. The van der Waals surface area contributed by atoms with Crippen LogP contribution in [0.15, 0.2) is 65.2 Å². The molecule has 2 aromatic carbocycles. The monoisotopic (exact) mass is 392 g/mol. The van der Waals surface area contributed by atoms with Gasteiger partial charge in [-0.1, -0.05) is 68.4 Å². The first-order chi connectivity index (χ1) is 13.8. The van der Waals surface area contributed by atoms with Gasteiger partial charge in [0.05, 0.1) is 0 Å². The first kappa shape index (κ1) is 20.3. The second-order valence-corrected chi connectivity index (χ2v) is 7.72. The van der Waals surface area contributed by atoms with Crippen LogP contribution in [0, 0.1) is 0 Å². The number of benzene rings is 2. The van der Waals surface area contributed by atoms with Gasteiger partial charge in [0.25, 0.3) is 5.91 Å². The first-order valence-corrected chi connectivity index (χ1v) is 9.38. The fraction of sp³-hybridized carbons (Fsp3) is 0.261. The van der Waals surface area contributed by atoms with E-state index in [1.165, 1.54) is 0 Å². The number of ether oxygens (including phenoxy) is 1. The largest absolute Gasteiger partial charge is 0.458 e. The highest BCUT2D eigenvalue weighted by molar-refractivity contribution is 5.95. The van der Waals surface area contributed by atoms with E-state index in [0.29, 0.717) is 17.0 Å². The third kappa shape index (κ3) is 5.54. The molecule has 0 unspecified atom stereocenters. The maximum Gasteiger partial charge on any atom is 0.325 e. The van der Waals surface area contributed by atoms with Gasteiger partial charge in [0, 0.05) is 17.2 Å². The van der Waals surface area contributed by atoms with Crippen LogP contribution < -0.4 is 5.32 Å². The number of nitrogens with zero attached hydrogens (tertiary/aromatic N) is 1. The summed E-state index contributed by atoms with van der Waals surface area (Å²) >= 11 is 0. The van der Waals surface area contributed by atoms with E-state index >= 15 is 0 Å². The number of aromatic nitrogens is 1. The normalized spacial score (nSPS) is 11.1. The number of esters is 1. The lowest BCUT2D eigenvalue weighted by atomic mass is 9.87. The van der Waals surface area contributed by atoms with Gasteiger partial charge in [-0.25, -0.2) is 0 Å². The van der Waals surface area contributed by atoms with Crippen molar-refractivity contribution in [3.05, 3.63) is 77.5 Å². The Morgan fingerprint density at radius 1 is 1.03 bits per heavy atom. The number of hydrogen-bond acceptors (Lipinski definition) is 5. The second-order valence-electron chi connectivity index (χ2n) is 7.72. The lowest BCUT2D eigenvalue weighted by Gasteiger charge is -2.19. The standard InChI is InChI=1S/C23H24N2O4/c1-23(2,3)18-11-9-17(10-12-18)22(27)24-14-21(26)28-15-19-13-20(29-25-19)16-7-5-4-6-8-16/h4-13H,14-15H2,1-3H3,(H,24,27). The highest BCUT2D eigenvalue weighted by Gasteiger charge is 2.15. The molecule has 1 heterocycles. The average molecular weight is 392 g/mol. The third-order valence-corrected chi connectivity index (χ3v) is 4.40. The van der Waals surface area contributed by atoms with E-state index in [0.717, 1.165) is 11.1 Å². The summed E-state index contributed by atoms with van der Waals surface area (Å²) in [5.74, 6) is -0.271. The fourth-order valence-corrected chi connectivity index (χ4v) is 2.70. The van der Waals surface area contributed by atoms with Crippen LogP contribution in [-0.2, 0) is 21.6 Å². The molecule has 150 valence electrons. The minimum Gasteiger partial charge on any atom is -0.458 e. The van der Waals surface area contributed by atoms with E-state index in [2.05, 4.69) is 31.2 Å². The van der Waals surface area contributed by atoms with E-state index in [1.807, 2.05) is 42.5 Å². The predicted molar refractivity (Wildman–Crippen MR) is 109 cm³/mol. The third-order valence-electron chi connectivity index (χ3n) is 4.40. The van der Waals surface area contributed by atoms with Crippen LogP contribution in [0.2, 0.25) is 0 Å². The average Bonchev–Trinajstić information content (AvgIpc) is 3.20. The Hall–Kier alpha value is -3.41. The Kier molecular flexibility index (Phi) is 6.12. The molecular formula is C23H24N2O4. The van der Waals surface area contributed by atoms with Gasteiger partial charge >= 0.3 is 5.97 Å². The quantitative estimate of drug-likeness (QED) is 0.639. The van der Waals surface area contributed by atoms with Crippen LogP contribution in [0.25, 0.3) is 11.3 Å². The fourth-order valence-electron chi connectivity index (χ4n) is 2.70. The molecule has 0 radical (unpaired) electrons. The van der Waals surface area contributed by atoms with Crippen molar-refractivity contribution in [1.29, 1.82) is 0 Å². The summed E-state index contributed by atoms with van der Waals surface area (Å²) in [6.07, 6.45) is 0. The molecule has 29 heavy (non-hydrogen) atoms. The van der Waals surface area contributed by atoms with E-state index < -0.39 is 5.97 Å². The molecule has 0 aliphatic heterocycles. The van der Waals surface area contributed by atoms with Crippen molar-refractivity contribution in [2.45, 2.75) is 32.8 Å². The Balaban J connectivity index is 1.46. The lowest BCUT2D eigenvalue weighted by Crippen LogP contribution is -2.30. The van der Waals surface area contributed by atoms with Crippen LogP contribution in [-0.4, -0.2) is 23.6 Å². The van der Waals surface area contributed by atoms with E-state index in [4.69, 9.17) is 9.26 Å². The SMILES string of the molecule is CC(C)(C)c1ccc(C(=O)NCC(=O)OCc2cc(-c3ccccc3)on2)cc1. The van der Waals surface area contributed by atoms with Crippen molar-refractivity contribution in [3.8, 4) is 11.3 Å². The molecule has 1 aromatic heterocycles.